The van der Waals surface area contributed by atoms with E-state index in [9.17, 15) is 4.79 Å². The molecule has 0 amide bonds. The highest BCUT2D eigenvalue weighted by Gasteiger charge is 2.29. The molecule has 82 valence electrons. The zero-order valence-electron chi connectivity index (χ0n) is 9.19. The van der Waals surface area contributed by atoms with Crippen molar-refractivity contribution in [3.8, 4) is 0 Å². The minimum absolute atomic E-state index is 0.144. The van der Waals surface area contributed by atoms with Crippen molar-refractivity contribution in [2.24, 2.45) is 11.7 Å². The van der Waals surface area contributed by atoms with Gasteiger partial charge < -0.3 is 10.5 Å². The van der Waals surface area contributed by atoms with E-state index >= 15 is 0 Å². The monoisotopic (exact) mass is 200 g/mol. The van der Waals surface area contributed by atoms with Crippen LogP contribution in [0.3, 0.4) is 0 Å². The number of rotatable bonds is 2. The largest absolute Gasteiger partial charge is 0.468 e. The van der Waals surface area contributed by atoms with E-state index in [1.54, 1.807) is 0 Å². The minimum atomic E-state index is -0.160. The maximum atomic E-state index is 11.3. The highest BCUT2D eigenvalue weighted by molar-refractivity contribution is 5.75. The molecule has 1 aliphatic heterocycles. The summed E-state index contributed by atoms with van der Waals surface area (Å²) in [7, 11) is 1.43. The second-order valence-electron chi connectivity index (χ2n) is 4.12. The molecule has 0 aromatic carbocycles. The quantitative estimate of drug-likeness (QED) is 0.648. The number of likely N-dealkylation sites (tertiary alicyclic amines) is 1. The zero-order chi connectivity index (χ0) is 10.7. The minimum Gasteiger partial charge on any atom is -0.468 e. The fourth-order valence-corrected chi connectivity index (χ4v) is 1.87. The van der Waals surface area contributed by atoms with Crippen LogP contribution in [0.4, 0.5) is 0 Å². The first-order valence-electron chi connectivity index (χ1n) is 5.13. The molecule has 0 aromatic heterocycles. The number of carbonyl (C=O) groups is 1. The van der Waals surface area contributed by atoms with Gasteiger partial charge in [0.15, 0.2) is 0 Å². The van der Waals surface area contributed by atoms with Crippen LogP contribution in [-0.2, 0) is 9.53 Å². The average molecular weight is 200 g/mol. The molecule has 1 aliphatic rings. The van der Waals surface area contributed by atoms with Gasteiger partial charge in [0.25, 0.3) is 0 Å². The van der Waals surface area contributed by atoms with E-state index in [2.05, 4.69) is 11.8 Å². The molecule has 0 radical (unpaired) electrons. The van der Waals surface area contributed by atoms with Crippen LogP contribution in [-0.4, -0.2) is 43.2 Å². The van der Waals surface area contributed by atoms with E-state index in [-0.39, 0.29) is 18.1 Å². The molecule has 2 N–H and O–H groups in total. The lowest BCUT2D eigenvalue weighted by Crippen LogP contribution is -2.51. The van der Waals surface area contributed by atoms with Gasteiger partial charge in [0.2, 0.25) is 0 Å². The Bertz CT molecular complexity index is 208. The summed E-state index contributed by atoms with van der Waals surface area (Å²) in [6.45, 7) is 5.79. The van der Waals surface area contributed by atoms with Crippen molar-refractivity contribution in [1.82, 2.24) is 4.90 Å². The Morgan fingerprint density at radius 1 is 1.64 bits per heavy atom. The second kappa shape index (κ2) is 4.75. The number of nitrogens with two attached hydrogens (primary N) is 1. The summed E-state index contributed by atoms with van der Waals surface area (Å²) in [4.78, 5) is 13.4. The molecule has 4 heteroatoms. The SMILES string of the molecule is COC(=O)C(C)N1CCC(N)C(C)C1. The van der Waals surface area contributed by atoms with Gasteiger partial charge in [-0.1, -0.05) is 6.92 Å². The van der Waals surface area contributed by atoms with Crippen LogP contribution in [0.5, 0.6) is 0 Å². The lowest BCUT2D eigenvalue weighted by atomic mass is 9.94. The number of piperidine rings is 1. The van der Waals surface area contributed by atoms with Gasteiger partial charge in [0, 0.05) is 19.1 Å². The molecule has 14 heavy (non-hydrogen) atoms. The summed E-state index contributed by atoms with van der Waals surface area (Å²) in [6.07, 6.45) is 0.961. The predicted octanol–water partition coefficient (Wildman–Crippen LogP) is 0.217. The molecule has 3 atom stereocenters. The van der Waals surface area contributed by atoms with Crippen molar-refractivity contribution < 1.29 is 9.53 Å². The molecule has 1 fully saturated rings. The zero-order valence-corrected chi connectivity index (χ0v) is 9.19. The van der Waals surface area contributed by atoms with Gasteiger partial charge in [-0.05, 0) is 19.3 Å². The van der Waals surface area contributed by atoms with Gasteiger partial charge in [-0.3, -0.25) is 9.69 Å². The Kier molecular flexibility index (Phi) is 3.89. The molecule has 0 spiro atoms. The number of hydrogen-bond acceptors (Lipinski definition) is 4. The molecule has 0 aromatic rings. The van der Waals surface area contributed by atoms with E-state index < -0.39 is 0 Å². The lowest BCUT2D eigenvalue weighted by molar-refractivity contribution is -0.147. The Morgan fingerprint density at radius 3 is 2.79 bits per heavy atom. The summed E-state index contributed by atoms with van der Waals surface area (Å²) < 4.78 is 4.72. The van der Waals surface area contributed by atoms with Gasteiger partial charge in [-0.2, -0.15) is 0 Å². The molecular weight excluding hydrogens is 180 g/mol. The van der Waals surface area contributed by atoms with E-state index in [1.165, 1.54) is 7.11 Å². The Labute approximate surface area is 85.4 Å². The van der Waals surface area contributed by atoms with Crippen LogP contribution in [0.2, 0.25) is 0 Å². The van der Waals surface area contributed by atoms with E-state index in [0.717, 1.165) is 19.5 Å². The lowest BCUT2D eigenvalue weighted by Gasteiger charge is -2.37. The van der Waals surface area contributed by atoms with Crippen molar-refractivity contribution in [3.05, 3.63) is 0 Å². The third kappa shape index (κ3) is 2.45. The molecule has 4 nitrogen and oxygen atoms in total. The Hall–Kier alpha value is -0.610. The van der Waals surface area contributed by atoms with E-state index in [4.69, 9.17) is 10.5 Å². The van der Waals surface area contributed by atoms with E-state index in [1.807, 2.05) is 6.92 Å². The number of esters is 1. The first-order chi connectivity index (χ1) is 6.56. The van der Waals surface area contributed by atoms with Gasteiger partial charge in [0.05, 0.1) is 7.11 Å². The molecular formula is C10H20N2O2. The first-order valence-corrected chi connectivity index (χ1v) is 5.13. The molecule has 1 rings (SSSR count). The van der Waals surface area contributed by atoms with Gasteiger partial charge >= 0.3 is 5.97 Å². The van der Waals surface area contributed by atoms with Crippen molar-refractivity contribution in [3.63, 3.8) is 0 Å². The third-order valence-corrected chi connectivity index (χ3v) is 3.09. The van der Waals surface area contributed by atoms with Gasteiger partial charge in [0.1, 0.15) is 6.04 Å². The molecule has 1 saturated heterocycles. The normalized spacial score (nSPS) is 31.1. The second-order valence-corrected chi connectivity index (χ2v) is 4.12. The van der Waals surface area contributed by atoms with Gasteiger partial charge in [-0.15, -0.1) is 0 Å². The number of methoxy groups -OCH3 is 1. The molecule has 1 heterocycles. The number of hydrogen-bond donors (Lipinski definition) is 1. The van der Waals surface area contributed by atoms with Crippen LogP contribution in [0.1, 0.15) is 20.3 Å². The summed E-state index contributed by atoms with van der Waals surface area (Å²) >= 11 is 0. The van der Waals surface area contributed by atoms with Crippen LogP contribution in [0, 0.1) is 5.92 Å². The topological polar surface area (TPSA) is 55.6 Å². The predicted molar refractivity (Wildman–Crippen MR) is 54.8 cm³/mol. The number of carbonyl (C=O) groups excluding carboxylic acids is 1. The van der Waals surface area contributed by atoms with Crippen LogP contribution in [0.25, 0.3) is 0 Å². The van der Waals surface area contributed by atoms with Crippen molar-refractivity contribution >= 4 is 5.97 Å². The average Bonchev–Trinajstić information content (AvgIpc) is 2.20. The van der Waals surface area contributed by atoms with Crippen molar-refractivity contribution in [1.29, 1.82) is 0 Å². The molecule has 0 bridgehead atoms. The number of nitrogens with zero attached hydrogens (tertiary/aromatic N) is 1. The van der Waals surface area contributed by atoms with Crippen LogP contribution in [0.15, 0.2) is 0 Å². The van der Waals surface area contributed by atoms with Crippen LogP contribution < -0.4 is 5.73 Å². The van der Waals surface area contributed by atoms with Crippen LogP contribution >= 0.6 is 0 Å². The summed E-state index contributed by atoms with van der Waals surface area (Å²) in [5.41, 5.74) is 5.91. The molecule has 0 aliphatic carbocycles. The number of ether oxygens (including phenoxy) is 1. The third-order valence-electron chi connectivity index (χ3n) is 3.09. The fourth-order valence-electron chi connectivity index (χ4n) is 1.87. The van der Waals surface area contributed by atoms with Crippen molar-refractivity contribution in [2.45, 2.75) is 32.4 Å². The smallest absolute Gasteiger partial charge is 0.322 e. The highest BCUT2D eigenvalue weighted by atomic mass is 16.5. The van der Waals surface area contributed by atoms with Gasteiger partial charge in [-0.25, -0.2) is 0 Å². The highest BCUT2D eigenvalue weighted by Crippen LogP contribution is 2.17. The van der Waals surface area contributed by atoms with E-state index in [0.29, 0.717) is 5.92 Å². The first kappa shape index (κ1) is 11.5. The fraction of sp³-hybridized carbons (Fsp3) is 0.900. The summed E-state index contributed by atoms with van der Waals surface area (Å²) in [5.74, 6) is 0.295. The summed E-state index contributed by atoms with van der Waals surface area (Å²) in [6, 6.07) is 0.131. The Balaban J connectivity index is 2.50. The molecule has 0 saturated carbocycles. The standard InChI is InChI=1S/C10H20N2O2/c1-7-6-12(5-4-9(7)11)8(2)10(13)14-3/h7-9H,4-6,11H2,1-3H3. The van der Waals surface area contributed by atoms with Crippen molar-refractivity contribution in [2.75, 3.05) is 20.2 Å². The Morgan fingerprint density at radius 2 is 2.29 bits per heavy atom. The maximum absolute atomic E-state index is 11.3. The maximum Gasteiger partial charge on any atom is 0.322 e. The molecule has 3 unspecified atom stereocenters. The summed E-state index contributed by atoms with van der Waals surface area (Å²) in [5, 5.41) is 0.